The van der Waals surface area contributed by atoms with Gasteiger partial charge in [-0.1, -0.05) is 0 Å². The molecule has 2 nitrogen and oxygen atoms in total. The molecule has 0 saturated carbocycles. The summed E-state index contributed by atoms with van der Waals surface area (Å²) in [6.45, 7) is 1.31. The molecule has 0 aliphatic heterocycles. The van der Waals surface area contributed by atoms with Crippen molar-refractivity contribution < 1.29 is 9.22 Å². The van der Waals surface area contributed by atoms with Crippen molar-refractivity contribution in [1.82, 2.24) is 0 Å². The summed E-state index contributed by atoms with van der Waals surface area (Å²) in [4.78, 5) is 9.54. The molecule has 3 radical (unpaired) electrons. The topological polar surface area (TPSA) is 26.3 Å². The van der Waals surface area contributed by atoms with Gasteiger partial charge in [0.05, 0.1) is 0 Å². The Kier molecular flexibility index (Phi) is 1.84. The second kappa shape index (κ2) is 1.96. The Morgan fingerprint density at radius 2 is 2.20 bits per heavy atom. The molecule has 0 aliphatic rings. The molecule has 27 valence electrons. The van der Waals surface area contributed by atoms with Crippen LogP contribution in [-0.2, 0) is 9.22 Å². The minimum Gasteiger partial charge on any atom is -0.516 e. The SMILES string of the molecule is CC(=O)O[Si]. The van der Waals surface area contributed by atoms with Gasteiger partial charge in [-0.25, -0.2) is 0 Å². The molecule has 0 aliphatic carbocycles. The molecule has 0 spiro atoms. The van der Waals surface area contributed by atoms with Crippen molar-refractivity contribution >= 4 is 16.5 Å². The third-order valence-electron chi connectivity index (χ3n) is 0.144. The lowest BCUT2D eigenvalue weighted by Gasteiger charge is -1.80. The Labute approximate surface area is 33.7 Å². The second-order valence-corrected chi connectivity index (χ2v) is 0.798. The first-order valence-corrected chi connectivity index (χ1v) is 1.52. The zero-order valence-electron chi connectivity index (χ0n) is 2.82. The smallest absolute Gasteiger partial charge is 0.345 e. The van der Waals surface area contributed by atoms with Crippen molar-refractivity contribution in [1.29, 1.82) is 0 Å². The van der Waals surface area contributed by atoms with Crippen molar-refractivity contribution in [3.8, 4) is 0 Å². The van der Waals surface area contributed by atoms with E-state index in [9.17, 15) is 4.79 Å². The van der Waals surface area contributed by atoms with E-state index < -0.39 is 0 Å². The Morgan fingerprint density at radius 3 is 2.20 bits per heavy atom. The van der Waals surface area contributed by atoms with Crippen LogP contribution in [0.3, 0.4) is 0 Å². The molecule has 3 heteroatoms. The van der Waals surface area contributed by atoms with E-state index in [0.717, 1.165) is 0 Å². The van der Waals surface area contributed by atoms with Gasteiger partial charge in [0.25, 0.3) is 5.97 Å². The van der Waals surface area contributed by atoms with E-state index in [1.807, 2.05) is 0 Å². The lowest BCUT2D eigenvalue weighted by Crippen LogP contribution is -1.90. The van der Waals surface area contributed by atoms with Crippen molar-refractivity contribution in [3.63, 3.8) is 0 Å². The molecule has 0 fully saturated rings. The minimum atomic E-state index is -0.332. The summed E-state index contributed by atoms with van der Waals surface area (Å²) < 4.78 is 3.92. The molecule has 5 heavy (non-hydrogen) atoms. The van der Waals surface area contributed by atoms with E-state index in [1.54, 1.807) is 0 Å². The number of hydrogen-bond donors (Lipinski definition) is 0. The molecule has 0 aromatic carbocycles. The predicted molar refractivity (Wildman–Crippen MR) is 17.5 cm³/mol. The maximum absolute atomic E-state index is 9.54. The van der Waals surface area contributed by atoms with E-state index in [4.69, 9.17) is 0 Å². The monoisotopic (exact) mass is 87.0 g/mol. The van der Waals surface area contributed by atoms with Gasteiger partial charge in [0, 0.05) is 6.92 Å². The lowest BCUT2D eigenvalue weighted by molar-refractivity contribution is -0.131. The van der Waals surface area contributed by atoms with Crippen LogP contribution < -0.4 is 0 Å². The van der Waals surface area contributed by atoms with E-state index in [-0.39, 0.29) is 5.97 Å². The van der Waals surface area contributed by atoms with E-state index in [1.165, 1.54) is 6.92 Å². The Hall–Kier alpha value is -0.313. The highest BCUT2D eigenvalue weighted by Gasteiger charge is 1.76. The summed E-state index contributed by atoms with van der Waals surface area (Å²) in [6, 6.07) is 0. The van der Waals surface area contributed by atoms with Crippen LogP contribution in [0.25, 0.3) is 0 Å². The lowest BCUT2D eigenvalue weighted by atomic mass is 10.9. The van der Waals surface area contributed by atoms with Gasteiger partial charge >= 0.3 is 10.5 Å². The van der Waals surface area contributed by atoms with Crippen LogP contribution in [0.2, 0.25) is 0 Å². The fourth-order valence-electron chi connectivity index (χ4n) is 0. The average molecular weight is 87.1 g/mol. The van der Waals surface area contributed by atoms with Gasteiger partial charge in [-0.3, -0.25) is 4.79 Å². The molecule has 0 aromatic rings. The summed E-state index contributed by atoms with van der Waals surface area (Å²) in [5.74, 6) is -0.332. The number of carbonyl (C=O) groups excluding carboxylic acids is 1. The Morgan fingerprint density at radius 1 is 2.00 bits per heavy atom. The predicted octanol–water partition coefficient (Wildman–Crippen LogP) is -0.367. The third-order valence-corrected chi connectivity index (χ3v) is 0.431. The largest absolute Gasteiger partial charge is 0.516 e. The van der Waals surface area contributed by atoms with E-state index >= 15 is 0 Å². The Balaban J connectivity index is 2.85. The highest BCUT2D eigenvalue weighted by molar-refractivity contribution is 6.04. The van der Waals surface area contributed by atoms with Crippen molar-refractivity contribution in [2.75, 3.05) is 0 Å². The molecule has 0 amide bonds. The van der Waals surface area contributed by atoms with Gasteiger partial charge in [0.2, 0.25) is 0 Å². The third kappa shape index (κ3) is 3.69. The summed E-state index contributed by atoms with van der Waals surface area (Å²) in [5.41, 5.74) is 0. The van der Waals surface area contributed by atoms with Gasteiger partial charge in [-0.2, -0.15) is 0 Å². The second-order valence-electron chi connectivity index (χ2n) is 0.594. The Bertz CT molecular complexity index is 42.9. The normalized spacial score (nSPS) is 6.80. The maximum atomic E-state index is 9.54. The first kappa shape index (κ1) is 4.69. The fourth-order valence-corrected chi connectivity index (χ4v) is 0. The van der Waals surface area contributed by atoms with Gasteiger partial charge in [0.1, 0.15) is 0 Å². The molecule has 0 atom stereocenters. The zero-order valence-corrected chi connectivity index (χ0v) is 3.82. The van der Waals surface area contributed by atoms with E-state index in [2.05, 4.69) is 14.9 Å². The van der Waals surface area contributed by atoms with Gasteiger partial charge in [-0.05, 0) is 0 Å². The fraction of sp³-hybridized carbons (Fsp3) is 0.500. The minimum absolute atomic E-state index is 0.332. The zero-order chi connectivity index (χ0) is 4.28. The summed E-state index contributed by atoms with van der Waals surface area (Å²) >= 11 is 0. The summed E-state index contributed by atoms with van der Waals surface area (Å²) in [6.07, 6.45) is 0. The first-order valence-electron chi connectivity index (χ1n) is 1.11. The summed E-state index contributed by atoms with van der Waals surface area (Å²) in [7, 11) is 2.51. The van der Waals surface area contributed by atoms with Crippen LogP contribution in [0.5, 0.6) is 0 Å². The van der Waals surface area contributed by atoms with Crippen molar-refractivity contribution in [2.24, 2.45) is 0 Å². The molecule has 0 unspecified atom stereocenters. The van der Waals surface area contributed by atoms with E-state index in [0.29, 0.717) is 0 Å². The quantitative estimate of drug-likeness (QED) is 0.377. The van der Waals surface area contributed by atoms with Crippen LogP contribution in [-0.4, -0.2) is 16.5 Å². The van der Waals surface area contributed by atoms with Gasteiger partial charge < -0.3 is 4.43 Å². The number of hydrogen-bond acceptors (Lipinski definition) is 2. The summed E-state index contributed by atoms with van der Waals surface area (Å²) in [5, 5.41) is 0. The van der Waals surface area contributed by atoms with Crippen LogP contribution in [0.1, 0.15) is 6.92 Å². The van der Waals surface area contributed by atoms with Crippen LogP contribution >= 0.6 is 0 Å². The molecule has 0 heterocycles. The number of rotatable bonds is 0. The van der Waals surface area contributed by atoms with Crippen LogP contribution in [0, 0.1) is 0 Å². The molecule has 0 bridgehead atoms. The highest BCUT2D eigenvalue weighted by atomic mass is 28.2. The first-order chi connectivity index (χ1) is 2.27. The molecular weight excluding hydrogens is 84.1 g/mol. The van der Waals surface area contributed by atoms with Crippen molar-refractivity contribution in [2.45, 2.75) is 6.92 Å². The standard InChI is InChI=1S/C2H3O2Si/c1-2(3)4-5/h1H3. The molecule has 0 N–H and O–H groups in total. The van der Waals surface area contributed by atoms with Gasteiger partial charge in [0.15, 0.2) is 0 Å². The van der Waals surface area contributed by atoms with Gasteiger partial charge in [-0.15, -0.1) is 0 Å². The maximum Gasteiger partial charge on any atom is 0.345 e. The average Bonchev–Trinajstić information content (AvgIpc) is 1.38. The van der Waals surface area contributed by atoms with Crippen LogP contribution in [0.15, 0.2) is 0 Å². The number of carbonyl (C=O) groups is 1. The van der Waals surface area contributed by atoms with Crippen molar-refractivity contribution in [3.05, 3.63) is 0 Å². The highest BCUT2D eigenvalue weighted by Crippen LogP contribution is 1.58. The van der Waals surface area contributed by atoms with Crippen LogP contribution in [0.4, 0.5) is 0 Å². The molecular formula is C2H3O2Si. The molecule has 0 saturated heterocycles. The molecule has 0 aromatic heterocycles. The molecule has 0 rings (SSSR count).